The number of aliphatic hydroxyl groups is 1. The third-order valence-electron chi connectivity index (χ3n) is 2.59. The highest BCUT2D eigenvalue weighted by molar-refractivity contribution is 5.63. The third-order valence-corrected chi connectivity index (χ3v) is 2.59. The lowest BCUT2D eigenvalue weighted by Crippen LogP contribution is -2.23. The van der Waals surface area contributed by atoms with E-state index in [4.69, 9.17) is 5.11 Å². The number of alkyl halides is 3. The molecule has 0 radical (unpaired) electrons. The zero-order valence-electron chi connectivity index (χ0n) is 10.1. The summed E-state index contributed by atoms with van der Waals surface area (Å²) in [6.45, 7) is 1.47. The van der Waals surface area contributed by atoms with Crippen LogP contribution in [0.1, 0.15) is 18.9 Å². The maximum Gasteiger partial charge on any atom is 0.416 e. The van der Waals surface area contributed by atoms with Gasteiger partial charge in [-0.1, -0.05) is 6.92 Å². The summed E-state index contributed by atoms with van der Waals surface area (Å²) in [5.41, 5.74) is -1.79. The van der Waals surface area contributed by atoms with Gasteiger partial charge in [0.2, 0.25) is 0 Å². The van der Waals surface area contributed by atoms with Crippen molar-refractivity contribution in [2.24, 2.45) is 0 Å². The molecule has 0 saturated heterocycles. The minimum atomic E-state index is -4.63. The second kappa shape index (κ2) is 5.87. The SMILES string of the molecule is CC[C@H](CO)Nc1ccc(C(F)(F)F)cc1[N+](=O)[O-]. The second-order valence-electron chi connectivity index (χ2n) is 3.92. The molecule has 19 heavy (non-hydrogen) atoms. The van der Waals surface area contributed by atoms with Gasteiger partial charge in [0.15, 0.2) is 0 Å². The number of rotatable bonds is 5. The van der Waals surface area contributed by atoms with Crippen molar-refractivity contribution in [2.45, 2.75) is 25.6 Å². The molecule has 0 amide bonds. The first kappa shape index (κ1) is 15.2. The molecule has 0 aliphatic carbocycles. The van der Waals surface area contributed by atoms with Gasteiger partial charge in [-0.3, -0.25) is 10.1 Å². The van der Waals surface area contributed by atoms with Gasteiger partial charge in [-0.15, -0.1) is 0 Å². The van der Waals surface area contributed by atoms with Crippen molar-refractivity contribution >= 4 is 11.4 Å². The summed E-state index contributed by atoms with van der Waals surface area (Å²) >= 11 is 0. The maximum atomic E-state index is 12.5. The van der Waals surface area contributed by atoms with Crippen LogP contribution in [0.4, 0.5) is 24.5 Å². The molecule has 0 aromatic heterocycles. The molecule has 1 aromatic rings. The van der Waals surface area contributed by atoms with E-state index in [1.807, 2.05) is 0 Å². The number of hydrogen-bond acceptors (Lipinski definition) is 4. The zero-order valence-corrected chi connectivity index (χ0v) is 10.1. The lowest BCUT2D eigenvalue weighted by Gasteiger charge is -2.16. The fourth-order valence-electron chi connectivity index (χ4n) is 1.48. The van der Waals surface area contributed by atoms with Gasteiger partial charge in [0.05, 0.1) is 17.1 Å². The molecule has 0 bridgehead atoms. The zero-order chi connectivity index (χ0) is 14.6. The summed E-state index contributed by atoms with van der Waals surface area (Å²) < 4.78 is 37.4. The molecule has 1 aromatic carbocycles. The molecule has 0 heterocycles. The van der Waals surface area contributed by atoms with Crippen molar-refractivity contribution in [3.8, 4) is 0 Å². The second-order valence-corrected chi connectivity index (χ2v) is 3.92. The summed E-state index contributed by atoms with van der Waals surface area (Å²) in [5.74, 6) is 0. The van der Waals surface area contributed by atoms with E-state index >= 15 is 0 Å². The van der Waals surface area contributed by atoms with Crippen molar-refractivity contribution < 1.29 is 23.2 Å². The van der Waals surface area contributed by atoms with Gasteiger partial charge in [-0.25, -0.2) is 0 Å². The van der Waals surface area contributed by atoms with E-state index in [2.05, 4.69) is 5.32 Å². The minimum Gasteiger partial charge on any atom is -0.394 e. The number of hydrogen-bond donors (Lipinski definition) is 2. The molecule has 2 N–H and O–H groups in total. The summed E-state index contributed by atoms with van der Waals surface area (Å²) in [7, 11) is 0. The van der Waals surface area contributed by atoms with E-state index < -0.39 is 28.4 Å². The summed E-state index contributed by atoms with van der Waals surface area (Å²) in [6.07, 6.45) is -4.15. The van der Waals surface area contributed by atoms with Crippen LogP contribution in [-0.4, -0.2) is 22.7 Å². The number of anilines is 1. The van der Waals surface area contributed by atoms with Crippen LogP contribution in [0.5, 0.6) is 0 Å². The van der Waals surface area contributed by atoms with Crippen LogP contribution < -0.4 is 5.32 Å². The highest BCUT2D eigenvalue weighted by Crippen LogP contribution is 2.35. The highest BCUT2D eigenvalue weighted by Gasteiger charge is 2.33. The van der Waals surface area contributed by atoms with Gasteiger partial charge >= 0.3 is 6.18 Å². The molecule has 0 fully saturated rings. The number of nitrogens with one attached hydrogen (secondary N) is 1. The van der Waals surface area contributed by atoms with Gasteiger partial charge in [0, 0.05) is 12.1 Å². The Morgan fingerprint density at radius 1 is 1.47 bits per heavy atom. The van der Waals surface area contributed by atoms with Crippen LogP contribution in [0.3, 0.4) is 0 Å². The summed E-state index contributed by atoms with van der Waals surface area (Å²) in [6, 6.07) is 1.79. The van der Waals surface area contributed by atoms with Gasteiger partial charge in [-0.05, 0) is 18.6 Å². The molecule has 0 aliphatic rings. The Bertz CT molecular complexity index is 459. The molecule has 8 heteroatoms. The van der Waals surface area contributed by atoms with Gasteiger partial charge < -0.3 is 10.4 Å². The standard InChI is InChI=1S/C11H13F3N2O3/c1-2-8(6-17)15-9-4-3-7(11(12,13)14)5-10(9)16(18)19/h3-5,8,15,17H,2,6H2,1H3/t8-/m1/s1. The molecule has 0 spiro atoms. The van der Waals surface area contributed by atoms with Crippen molar-refractivity contribution in [3.63, 3.8) is 0 Å². The predicted molar refractivity (Wildman–Crippen MR) is 62.9 cm³/mol. The smallest absolute Gasteiger partial charge is 0.394 e. The molecular weight excluding hydrogens is 265 g/mol. The fraction of sp³-hybridized carbons (Fsp3) is 0.455. The molecule has 0 unspecified atom stereocenters. The van der Waals surface area contributed by atoms with E-state index in [-0.39, 0.29) is 12.3 Å². The van der Waals surface area contributed by atoms with Gasteiger partial charge in [0.25, 0.3) is 5.69 Å². The van der Waals surface area contributed by atoms with Crippen LogP contribution in [-0.2, 0) is 6.18 Å². The van der Waals surface area contributed by atoms with E-state index in [1.165, 1.54) is 0 Å². The topological polar surface area (TPSA) is 75.4 Å². The molecule has 106 valence electrons. The predicted octanol–water partition coefficient (Wildman–Crippen LogP) is 2.80. The Hall–Kier alpha value is -1.83. The van der Waals surface area contributed by atoms with Crippen LogP contribution in [0, 0.1) is 10.1 Å². The molecule has 0 aliphatic heterocycles. The van der Waals surface area contributed by atoms with Gasteiger partial charge in [-0.2, -0.15) is 13.2 Å². The monoisotopic (exact) mass is 278 g/mol. The highest BCUT2D eigenvalue weighted by atomic mass is 19.4. The Labute approximate surface area is 107 Å². The van der Waals surface area contributed by atoms with Crippen LogP contribution in [0.25, 0.3) is 0 Å². The number of nitro groups is 1. The molecule has 1 rings (SSSR count). The van der Waals surface area contributed by atoms with E-state index in [0.717, 1.165) is 12.1 Å². The van der Waals surface area contributed by atoms with Crippen LogP contribution in [0.15, 0.2) is 18.2 Å². The normalized spacial score (nSPS) is 13.1. The Kier molecular flexibility index (Phi) is 4.71. The minimum absolute atomic E-state index is 0.0427. The Morgan fingerprint density at radius 3 is 2.53 bits per heavy atom. The largest absolute Gasteiger partial charge is 0.416 e. The summed E-state index contributed by atoms with van der Waals surface area (Å²) in [4.78, 5) is 9.91. The van der Waals surface area contributed by atoms with Crippen molar-refractivity contribution in [1.82, 2.24) is 0 Å². The van der Waals surface area contributed by atoms with Crippen LogP contribution in [0.2, 0.25) is 0 Å². The fourth-order valence-corrected chi connectivity index (χ4v) is 1.48. The van der Waals surface area contributed by atoms with Crippen LogP contribution >= 0.6 is 0 Å². The summed E-state index contributed by atoms with van der Waals surface area (Å²) in [5, 5.41) is 22.4. The third kappa shape index (κ3) is 3.82. The quantitative estimate of drug-likeness (QED) is 0.641. The lowest BCUT2D eigenvalue weighted by molar-refractivity contribution is -0.384. The molecule has 0 saturated carbocycles. The van der Waals surface area contributed by atoms with E-state index in [1.54, 1.807) is 6.92 Å². The van der Waals surface area contributed by atoms with Gasteiger partial charge in [0.1, 0.15) is 5.69 Å². The van der Waals surface area contributed by atoms with E-state index in [0.29, 0.717) is 12.5 Å². The number of nitro benzene ring substituents is 1. The van der Waals surface area contributed by atoms with Crippen molar-refractivity contribution in [2.75, 3.05) is 11.9 Å². The Balaban J connectivity index is 3.15. The molecule has 5 nitrogen and oxygen atoms in total. The Morgan fingerprint density at radius 2 is 2.11 bits per heavy atom. The van der Waals surface area contributed by atoms with E-state index in [9.17, 15) is 23.3 Å². The van der Waals surface area contributed by atoms with Crippen molar-refractivity contribution in [3.05, 3.63) is 33.9 Å². The first-order valence-electron chi connectivity index (χ1n) is 5.52. The average molecular weight is 278 g/mol. The number of nitrogens with zero attached hydrogens (tertiary/aromatic N) is 1. The average Bonchev–Trinajstić information content (AvgIpc) is 2.34. The first-order valence-corrected chi connectivity index (χ1v) is 5.52. The lowest BCUT2D eigenvalue weighted by atomic mass is 10.1. The molecule has 1 atom stereocenters. The number of halogens is 3. The molecular formula is C11H13F3N2O3. The maximum absolute atomic E-state index is 12.5. The number of aliphatic hydroxyl groups excluding tert-OH is 1. The first-order chi connectivity index (χ1) is 8.79. The van der Waals surface area contributed by atoms with Crippen molar-refractivity contribution in [1.29, 1.82) is 0 Å². The number of benzene rings is 1.